The summed E-state index contributed by atoms with van der Waals surface area (Å²) in [5, 5.41) is 7.60. The number of carbonyl (C=O) groups excluding carboxylic acids is 1. The van der Waals surface area contributed by atoms with Crippen molar-refractivity contribution in [1.82, 2.24) is 15.5 Å². The fourth-order valence-electron chi connectivity index (χ4n) is 3.35. The first-order valence-electron chi connectivity index (χ1n) is 9.12. The molecule has 1 aliphatic carbocycles. The van der Waals surface area contributed by atoms with Gasteiger partial charge in [-0.15, -0.1) is 0 Å². The van der Waals surface area contributed by atoms with Crippen molar-refractivity contribution in [1.29, 1.82) is 0 Å². The summed E-state index contributed by atoms with van der Waals surface area (Å²) < 4.78 is 16.9. The number of fused-ring (bicyclic) bond motifs is 2. The highest BCUT2D eigenvalue weighted by atomic mass is 16.6. The number of carbonyl (C=O) groups is 1. The van der Waals surface area contributed by atoms with Gasteiger partial charge in [0.1, 0.15) is 12.7 Å². The number of pyridine rings is 1. The number of ether oxygens (including phenoxy) is 2. The Labute approximate surface area is 155 Å². The first-order valence-corrected chi connectivity index (χ1v) is 9.12. The fourth-order valence-corrected chi connectivity index (χ4v) is 3.35. The molecule has 5 rings (SSSR count). The molecule has 138 valence electrons. The number of rotatable bonds is 4. The van der Waals surface area contributed by atoms with Crippen LogP contribution in [0.2, 0.25) is 0 Å². The highest BCUT2D eigenvalue weighted by Crippen LogP contribution is 2.40. The maximum Gasteiger partial charge on any atom is 0.259 e. The number of amides is 1. The van der Waals surface area contributed by atoms with E-state index in [1.54, 1.807) is 0 Å². The van der Waals surface area contributed by atoms with Crippen molar-refractivity contribution in [3.05, 3.63) is 47.3 Å². The zero-order chi connectivity index (χ0) is 18.4. The minimum Gasteiger partial charge on any atom is -0.486 e. The van der Waals surface area contributed by atoms with Crippen LogP contribution in [-0.2, 0) is 0 Å². The number of para-hydroxylation sites is 2. The van der Waals surface area contributed by atoms with E-state index in [1.165, 1.54) is 0 Å². The third-order valence-corrected chi connectivity index (χ3v) is 4.93. The largest absolute Gasteiger partial charge is 0.486 e. The zero-order valence-electron chi connectivity index (χ0n) is 14.9. The van der Waals surface area contributed by atoms with Crippen LogP contribution in [0.25, 0.3) is 11.1 Å². The van der Waals surface area contributed by atoms with Crippen molar-refractivity contribution >= 4 is 17.0 Å². The predicted molar refractivity (Wildman–Crippen MR) is 97.2 cm³/mol. The lowest BCUT2D eigenvalue weighted by atomic mass is 10.1. The quantitative estimate of drug-likeness (QED) is 0.765. The summed E-state index contributed by atoms with van der Waals surface area (Å²) in [5.74, 6) is 1.65. The topological polar surface area (TPSA) is 86.5 Å². The average molecular weight is 365 g/mol. The Kier molecular flexibility index (Phi) is 3.74. The Morgan fingerprint density at radius 2 is 2.07 bits per heavy atom. The highest BCUT2D eigenvalue weighted by molar-refractivity contribution is 6.06. The molecule has 7 nitrogen and oxygen atoms in total. The first-order chi connectivity index (χ1) is 13.2. The maximum absolute atomic E-state index is 12.9. The summed E-state index contributed by atoms with van der Waals surface area (Å²) in [5.41, 5.74) is 2.54. The van der Waals surface area contributed by atoms with Crippen LogP contribution in [0.15, 0.2) is 34.9 Å². The van der Waals surface area contributed by atoms with Gasteiger partial charge < -0.3 is 19.3 Å². The zero-order valence-corrected chi connectivity index (χ0v) is 14.9. The molecule has 0 spiro atoms. The van der Waals surface area contributed by atoms with Crippen LogP contribution in [-0.4, -0.2) is 35.3 Å². The second kappa shape index (κ2) is 6.26. The number of benzene rings is 1. The number of nitrogens with zero attached hydrogens (tertiary/aromatic N) is 2. The van der Waals surface area contributed by atoms with Gasteiger partial charge in [-0.2, -0.15) is 0 Å². The molecule has 27 heavy (non-hydrogen) atoms. The van der Waals surface area contributed by atoms with E-state index in [-0.39, 0.29) is 12.0 Å². The molecule has 1 aliphatic heterocycles. The van der Waals surface area contributed by atoms with Gasteiger partial charge in [-0.25, -0.2) is 4.98 Å². The van der Waals surface area contributed by atoms with Crippen molar-refractivity contribution in [2.45, 2.75) is 31.8 Å². The Hall–Kier alpha value is -3.09. The van der Waals surface area contributed by atoms with Crippen molar-refractivity contribution in [2.75, 3.05) is 13.2 Å². The molecule has 1 atom stereocenters. The standard InChI is InChI=1S/C20H19N3O4/c1-11-18-14(8-15(12-6-7-12)22-20(18)27-23-11)19(24)21-9-13-10-25-16-4-2-3-5-17(16)26-13/h2-5,8,12-13H,6-7,9-10H2,1H3,(H,21,24). The summed E-state index contributed by atoms with van der Waals surface area (Å²) in [6.45, 7) is 2.55. The smallest absolute Gasteiger partial charge is 0.259 e. The highest BCUT2D eigenvalue weighted by Gasteiger charge is 2.29. The van der Waals surface area contributed by atoms with Crippen molar-refractivity contribution in [3.63, 3.8) is 0 Å². The van der Waals surface area contributed by atoms with Crippen LogP contribution in [0.3, 0.4) is 0 Å². The van der Waals surface area contributed by atoms with Crippen molar-refractivity contribution in [2.24, 2.45) is 0 Å². The number of hydrogen-bond acceptors (Lipinski definition) is 6. The van der Waals surface area contributed by atoms with E-state index in [0.29, 0.717) is 47.2 Å². The minimum atomic E-state index is -0.243. The van der Waals surface area contributed by atoms with E-state index in [2.05, 4.69) is 15.5 Å². The summed E-state index contributed by atoms with van der Waals surface area (Å²) >= 11 is 0. The molecule has 0 radical (unpaired) electrons. The monoisotopic (exact) mass is 365 g/mol. The van der Waals surface area contributed by atoms with Gasteiger partial charge in [-0.1, -0.05) is 17.3 Å². The second-order valence-corrected chi connectivity index (χ2v) is 7.02. The molecule has 1 N–H and O–H groups in total. The Morgan fingerprint density at radius 3 is 2.89 bits per heavy atom. The summed E-state index contributed by atoms with van der Waals surface area (Å²) in [6.07, 6.45) is 1.95. The summed E-state index contributed by atoms with van der Waals surface area (Å²) in [6, 6.07) is 9.39. The van der Waals surface area contributed by atoms with Gasteiger partial charge in [0.15, 0.2) is 11.5 Å². The van der Waals surface area contributed by atoms with Crippen LogP contribution in [0.1, 0.15) is 40.5 Å². The Morgan fingerprint density at radius 1 is 1.26 bits per heavy atom. The molecule has 2 aromatic heterocycles. The number of aromatic nitrogens is 2. The van der Waals surface area contributed by atoms with E-state index < -0.39 is 0 Å². The van der Waals surface area contributed by atoms with Gasteiger partial charge in [0, 0.05) is 11.6 Å². The van der Waals surface area contributed by atoms with Crippen molar-refractivity contribution in [3.8, 4) is 11.5 Å². The molecular weight excluding hydrogens is 346 g/mol. The number of hydrogen-bond donors (Lipinski definition) is 1. The molecule has 1 amide bonds. The van der Waals surface area contributed by atoms with Gasteiger partial charge in [0.2, 0.25) is 0 Å². The lowest BCUT2D eigenvalue weighted by molar-refractivity contribution is 0.0790. The molecule has 1 fully saturated rings. The molecule has 3 heterocycles. The molecule has 1 unspecified atom stereocenters. The summed E-state index contributed by atoms with van der Waals surface area (Å²) in [7, 11) is 0. The summed E-state index contributed by atoms with van der Waals surface area (Å²) in [4.78, 5) is 17.4. The third-order valence-electron chi connectivity index (χ3n) is 4.93. The molecule has 7 heteroatoms. The average Bonchev–Trinajstić information content (AvgIpc) is 3.49. The van der Waals surface area contributed by atoms with E-state index in [9.17, 15) is 4.79 Å². The van der Waals surface area contributed by atoms with E-state index in [4.69, 9.17) is 14.0 Å². The molecular formula is C20H19N3O4. The molecule has 3 aromatic rings. The van der Waals surface area contributed by atoms with Gasteiger partial charge in [0.25, 0.3) is 11.6 Å². The number of nitrogens with one attached hydrogen (secondary N) is 1. The molecule has 0 bridgehead atoms. The predicted octanol–water partition coefficient (Wildman–Crippen LogP) is 2.98. The van der Waals surface area contributed by atoms with Gasteiger partial charge in [-0.3, -0.25) is 4.79 Å². The Balaban J connectivity index is 1.35. The SMILES string of the molecule is Cc1noc2nc(C3CC3)cc(C(=O)NCC3COc4ccccc4O3)c12. The van der Waals surface area contributed by atoms with Crippen molar-refractivity contribution < 1.29 is 18.8 Å². The lowest BCUT2D eigenvalue weighted by Crippen LogP contribution is -2.40. The van der Waals surface area contributed by atoms with Gasteiger partial charge in [-0.05, 0) is 38.0 Å². The second-order valence-electron chi connectivity index (χ2n) is 7.02. The minimum absolute atomic E-state index is 0.182. The van der Waals surface area contributed by atoms with Gasteiger partial charge in [0.05, 0.1) is 23.2 Å². The van der Waals surface area contributed by atoms with Crippen LogP contribution < -0.4 is 14.8 Å². The fraction of sp³-hybridized carbons (Fsp3) is 0.350. The number of aryl methyl sites for hydroxylation is 1. The van der Waals surface area contributed by atoms with Crippen LogP contribution >= 0.6 is 0 Å². The van der Waals surface area contributed by atoms with E-state index in [0.717, 1.165) is 24.3 Å². The van der Waals surface area contributed by atoms with Gasteiger partial charge >= 0.3 is 0 Å². The maximum atomic E-state index is 12.9. The van der Waals surface area contributed by atoms with Crippen LogP contribution in [0.4, 0.5) is 0 Å². The molecule has 2 aliphatic rings. The van der Waals surface area contributed by atoms with E-state index in [1.807, 2.05) is 37.3 Å². The Bertz CT molecular complexity index is 1030. The van der Waals surface area contributed by atoms with E-state index >= 15 is 0 Å². The third kappa shape index (κ3) is 2.99. The molecule has 1 aromatic carbocycles. The lowest BCUT2D eigenvalue weighted by Gasteiger charge is -2.26. The van der Waals surface area contributed by atoms with Crippen LogP contribution in [0, 0.1) is 6.92 Å². The normalized spacial score (nSPS) is 18.5. The first kappa shape index (κ1) is 16.1. The molecule has 0 saturated heterocycles. The molecule has 1 saturated carbocycles. The van der Waals surface area contributed by atoms with Crippen LogP contribution in [0.5, 0.6) is 11.5 Å².